The molecule has 0 unspecified atom stereocenters. The summed E-state index contributed by atoms with van der Waals surface area (Å²) in [5.74, 6) is -0.698. The fraction of sp³-hybridized carbons (Fsp3) is 0.857. The van der Waals surface area contributed by atoms with Gasteiger partial charge in [-0.25, -0.2) is 0 Å². The number of carboxylic acid groups (broad SMARTS) is 1. The molecule has 64 valence electrons. The number of carbonyl (C=O) groups is 1. The molecule has 0 aliphatic heterocycles. The highest BCUT2D eigenvalue weighted by molar-refractivity contribution is 14.1. The Balaban J connectivity index is 2.52. The fourth-order valence-electron chi connectivity index (χ4n) is 1.65. The highest BCUT2D eigenvalue weighted by Crippen LogP contribution is 2.33. The molecule has 1 saturated carbocycles. The van der Waals surface area contributed by atoms with Crippen LogP contribution in [0.5, 0.6) is 0 Å². The first-order valence-electron chi connectivity index (χ1n) is 3.78. The van der Waals surface area contributed by atoms with Crippen LogP contribution in [0.25, 0.3) is 0 Å². The Kier molecular flexibility index (Phi) is 3.12. The molecule has 1 aliphatic rings. The van der Waals surface area contributed by atoms with E-state index in [2.05, 4.69) is 26.4 Å². The van der Waals surface area contributed by atoms with Gasteiger partial charge in [0.15, 0.2) is 0 Å². The minimum atomic E-state index is -0.698. The van der Waals surface area contributed by atoms with Gasteiger partial charge in [-0.3, -0.25) is 8.32 Å². The first-order valence-corrected chi connectivity index (χ1v) is 4.86. The molecule has 0 heterocycles. The maximum Gasteiger partial charge on any atom is 0.305 e. The molecule has 0 saturated heterocycles. The molecule has 1 rings (SSSR count). The second-order valence-electron chi connectivity index (χ2n) is 3.15. The number of nitrogens with one attached hydrogen (secondary N) is 1. The van der Waals surface area contributed by atoms with Crippen LogP contribution in [0.15, 0.2) is 0 Å². The predicted octanol–water partition coefficient (Wildman–Crippen LogP) is 1.71. The van der Waals surface area contributed by atoms with Crippen LogP contribution in [0.3, 0.4) is 0 Å². The molecule has 4 heteroatoms. The Labute approximate surface area is 80.0 Å². The first kappa shape index (κ1) is 9.25. The minimum Gasteiger partial charge on any atom is -0.481 e. The molecule has 0 radical (unpaired) electrons. The Bertz CT molecular complexity index is 155. The maximum absolute atomic E-state index is 10.5. The Hall–Kier alpha value is 0.160. The van der Waals surface area contributed by atoms with Crippen molar-refractivity contribution < 1.29 is 9.90 Å². The van der Waals surface area contributed by atoms with E-state index in [-0.39, 0.29) is 12.0 Å². The van der Waals surface area contributed by atoms with Crippen LogP contribution < -0.4 is 3.53 Å². The monoisotopic (exact) mass is 269 g/mol. The second kappa shape index (κ2) is 3.71. The Morgan fingerprint density at radius 2 is 2.09 bits per heavy atom. The lowest BCUT2D eigenvalue weighted by atomic mass is 9.95. The Morgan fingerprint density at radius 3 is 2.45 bits per heavy atom. The van der Waals surface area contributed by atoms with Crippen LogP contribution in [0.2, 0.25) is 0 Å². The van der Waals surface area contributed by atoms with E-state index in [0.29, 0.717) is 0 Å². The SMILES string of the molecule is O=C(O)CC1(NI)CCCC1. The van der Waals surface area contributed by atoms with Crippen LogP contribution in [0.1, 0.15) is 32.1 Å². The molecular weight excluding hydrogens is 257 g/mol. The summed E-state index contributed by atoms with van der Waals surface area (Å²) in [5, 5.41) is 8.63. The topological polar surface area (TPSA) is 49.3 Å². The lowest BCUT2D eigenvalue weighted by Gasteiger charge is -2.24. The summed E-state index contributed by atoms with van der Waals surface area (Å²) in [6.07, 6.45) is 4.58. The number of hydrogen-bond donors (Lipinski definition) is 2. The van der Waals surface area contributed by atoms with Gasteiger partial charge in [0, 0.05) is 28.4 Å². The van der Waals surface area contributed by atoms with E-state index in [1.54, 1.807) is 0 Å². The van der Waals surface area contributed by atoms with E-state index in [1.165, 1.54) is 0 Å². The molecule has 0 bridgehead atoms. The number of carboxylic acids is 1. The van der Waals surface area contributed by atoms with Crippen LogP contribution in [0, 0.1) is 0 Å². The van der Waals surface area contributed by atoms with Crippen LogP contribution in [-0.2, 0) is 4.79 Å². The molecule has 0 amide bonds. The number of rotatable bonds is 3. The van der Waals surface area contributed by atoms with E-state index in [4.69, 9.17) is 5.11 Å². The van der Waals surface area contributed by atoms with Crippen molar-refractivity contribution in [2.45, 2.75) is 37.6 Å². The highest BCUT2D eigenvalue weighted by Gasteiger charge is 2.34. The molecule has 11 heavy (non-hydrogen) atoms. The summed E-state index contributed by atoms with van der Waals surface area (Å²) in [7, 11) is 0. The average Bonchev–Trinajstić information content (AvgIpc) is 2.36. The average molecular weight is 269 g/mol. The lowest BCUT2D eigenvalue weighted by molar-refractivity contribution is -0.138. The summed E-state index contributed by atoms with van der Waals surface area (Å²) in [5.41, 5.74) is -0.105. The molecule has 0 spiro atoms. The third-order valence-corrected chi connectivity index (χ3v) is 3.39. The van der Waals surface area contributed by atoms with Gasteiger partial charge >= 0.3 is 5.97 Å². The van der Waals surface area contributed by atoms with Gasteiger partial charge in [0.1, 0.15) is 0 Å². The number of hydrogen-bond acceptors (Lipinski definition) is 2. The van der Waals surface area contributed by atoms with E-state index >= 15 is 0 Å². The summed E-state index contributed by atoms with van der Waals surface area (Å²) in [4.78, 5) is 10.5. The van der Waals surface area contributed by atoms with Gasteiger partial charge in [0.05, 0.1) is 6.42 Å². The zero-order valence-corrected chi connectivity index (χ0v) is 8.43. The van der Waals surface area contributed by atoms with Gasteiger partial charge in [0.2, 0.25) is 0 Å². The minimum absolute atomic E-state index is 0.105. The van der Waals surface area contributed by atoms with Gasteiger partial charge in [-0.2, -0.15) is 0 Å². The van der Waals surface area contributed by atoms with Crippen LogP contribution in [0.4, 0.5) is 0 Å². The van der Waals surface area contributed by atoms with Gasteiger partial charge in [-0.15, -0.1) is 0 Å². The number of halogens is 1. The largest absolute Gasteiger partial charge is 0.481 e. The van der Waals surface area contributed by atoms with Crippen molar-refractivity contribution in [3.8, 4) is 0 Å². The van der Waals surface area contributed by atoms with Crippen LogP contribution >= 0.6 is 22.9 Å². The highest BCUT2D eigenvalue weighted by atomic mass is 127. The quantitative estimate of drug-likeness (QED) is 0.605. The molecule has 1 fully saturated rings. The molecule has 0 atom stereocenters. The zero-order valence-electron chi connectivity index (χ0n) is 6.27. The molecular formula is C7H12INO2. The first-order chi connectivity index (χ1) is 5.18. The summed E-state index contributed by atoms with van der Waals surface area (Å²) in [6.45, 7) is 0. The third-order valence-electron chi connectivity index (χ3n) is 2.25. The number of aliphatic carboxylic acids is 1. The molecule has 0 aromatic heterocycles. The van der Waals surface area contributed by atoms with Crippen molar-refractivity contribution in [1.29, 1.82) is 0 Å². The van der Waals surface area contributed by atoms with Gasteiger partial charge in [-0.1, -0.05) is 12.8 Å². The van der Waals surface area contributed by atoms with Crippen molar-refractivity contribution >= 4 is 28.8 Å². The van der Waals surface area contributed by atoms with Crippen LogP contribution in [-0.4, -0.2) is 16.6 Å². The summed E-state index contributed by atoms with van der Waals surface area (Å²) < 4.78 is 3.10. The van der Waals surface area contributed by atoms with E-state index < -0.39 is 5.97 Å². The molecule has 0 aromatic rings. The second-order valence-corrected chi connectivity index (χ2v) is 3.69. The third kappa shape index (κ3) is 2.30. The van der Waals surface area contributed by atoms with Crippen molar-refractivity contribution in [1.82, 2.24) is 3.53 Å². The van der Waals surface area contributed by atoms with Crippen molar-refractivity contribution in [2.75, 3.05) is 0 Å². The molecule has 1 aliphatic carbocycles. The molecule has 2 N–H and O–H groups in total. The normalized spacial score (nSPS) is 21.9. The Morgan fingerprint density at radius 1 is 1.55 bits per heavy atom. The smallest absolute Gasteiger partial charge is 0.305 e. The van der Waals surface area contributed by atoms with Gasteiger partial charge in [0.25, 0.3) is 0 Å². The zero-order chi connectivity index (χ0) is 8.32. The standard InChI is InChI=1S/C7H12INO2/c8-9-7(5-6(10)11)3-1-2-4-7/h9H,1-5H2,(H,10,11). The van der Waals surface area contributed by atoms with Crippen molar-refractivity contribution in [2.24, 2.45) is 0 Å². The predicted molar refractivity (Wildman–Crippen MR) is 50.6 cm³/mol. The van der Waals surface area contributed by atoms with Crippen molar-refractivity contribution in [3.05, 3.63) is 0 Å². The van der Waals surface area contributed by atoms with Crippen molar-refractivity contribution in [3.63, 3.8) is 0 Å². The maximum atomic E-state index is 10.5. The summed E-state index contributed by atoms with van der Waals surface area (Å²) >= 11 is 2.06. The lowest BCUT2D eigenvalue weighted by Crippen LogP contribution is -2.38. The van der Waals surface area contributed by atoms with E-state index in [1.807, 2.05) is 0 Å². The summed E-state index contributed by atoms with van der Waals surface area (Å²) in [6, 6.07) is 0. The van der Waals surface area contributed by atoms with Gasteiger partial charge < -0.3 is 5.11 Å². The molecule has 0 aromatic carbocycles. The van der Waals surface area contributed by atoms with E-state index in [0.717, 1.165) is 25.7 Å². The molecule has 3 nitrogen and oxygen atoms in total. The fourth-order valence-corrected chi connectivity index (χ4v) is 2.38. The van der Waals surface area contributed by atoms with Gasteiger partial charge in [-0.05, 0) is 12.8 Å². The van der Waals surface area contributed by atoms with E-state index in [9.17, 15) is 4.79 Å².